The number of rotatable bonds is 6. The molecule has 0 spiro atoms. The molecule has 8 nitrogen and oxygen atoms in total. The summed E-state index contributed by atoms with van der Waals surface area (Å²) < 4.78 is 2.41. The van der Waals surface area contributed by atoms with Crippen LogP contribution in [0.3, 0.4) is 0 Å². The van der Waals surface area contributed by atoms with E-state index < -0.39 is 5.69 Å². The van der Waals surface area contributed by atoms with Gasteiger partial charge in [0.1, 0.15) is 6.54 Å². The van der Waals surface area contributed by atoms with E-state index in [0.29, 0.717) is 17.8 Å². The van der Waals surface area contributed by atoms with Gasteiger partial charge in [-0.15, -0.1) is 5.10 Å². The second-order valence-corrected chi connectivity index (χ2v) is 8.11. The monoisotopic (exact) mass is 441 g/mol. The van der Waals surface area contributed by atoms with Crippen molar-refractivity contribution in [1.29, 1.82) is 0 Å². The Bertz CT molecular complexity index is 1390. The second-order valence-electron chi connectivity index (χ2n) is 8.11. The number of fused-ring (bicyclic) bond motifs is 2. The van der Waals surface area contributed by atoms with Gasteiger partial charge in [0, 0.05) is 12.7 Å². The highest BCUT2D eigenvalue weighted by Crippen LogP contribution is 2.30. The topological polar surface area (TPSA) is 97.5 Å². The van der Waals surface area contributed by atoms with Crippen LogP contribution in [0.1, 0.15) is 39.5 Å². The Kier molecular flexibility index (Phi) is 5.48. The lowest BCUT2D eigenvalue weighted by atomic mass is 10.1. The van der Waals surface area contributed by atoms with Gasteiger partial charge < -0.3 is 10.6 Å². The van der Waals surface area contributed by atoms with Crippen molar-refractivity contribution in [2.24, 2.45) is 0 Å². The molecule has 166 valence electrons. The first-order chi connectivity index (χ1) is 16.1. The van der Waals surface area contributed by atoms with Gasteiger partial charge in [0.2, 0.25) is 5.91 Å². The third kappa shape index (κ3) is 4.27. The van der Waals surface area contributed by atoms with E-state index in [1.165, 1.54) is 16.2 Å². The standard InChI is InChI=1S/C25H23N5O3/c31-23(27-21-12-10-18-8-4-5-9-20(18)21)16-30-25(33)29-15-19(11-13-22(29)28-30)24(32)26-14-17-6-2-1-3-7-17/h1-9,11,13,15,21H,10,12,14,16H2,(H,26,32)(H,27,31). The number of amides is 2. The van der Waals surface area contributed by atoms with Gasteiger partial charge in [-0.3, -0.25) is 9.59 Å². The van der Waals surface area contributed by atoms with Crippen LogP contribution in [0.25, 0.3) is 5.65 Å². The Labute approximate surface area is 189 Å². The first-order valence-electron chi connectivity index (χ1n) is 10.9. The summed E-state index contributed by atoms with van der Waals surface area (Å²) in [5.74, 6) is -0.568. The van der Waals surface area contributed by atoms with E-state index in [4.69, 9.17) is 0 Å². The molecule has 5 rings (SSSR count). The summed E-state index contributed by atoms with van der Waals surface area (Å²) in [4.78, 5) is 38.0. The van der Waals surface area contributed by atoms with E-state index >= 15 is 0 Å². The van der Waals surface area contributed by atoms with E-state index in [1.54, 1.807) is 12.1 Å². The van der Waals surface area contributed by atoms with E-state index in [0.717, 1.165) is 28.7 Å². The highest BCUT2D eigenvalue weighted by Gasteiger charge is 2.24. The number of aryl methyl sites for hydroxylation is 1. The Balaban J connectivity index is 1.28. The van der Waals surface area contributed by atoms with Crippen LogP contribution >= 0.6 is 0 Å². The number of hydrogen-bond acceptors (Lipinski definition) is 4. The lowest BCUT2D eigenvalue weighted by molar-refractivity contribution is -0.122. The van der Waals surface area contributed by atoms with Gasteiger partial charge in [0.15, 0.2) is 5.65 Å². The molecule has 33 heavy (non-hydrogen) atoms. The normalized spacial score (nSPS) is 14.7. The van der Waals surface area contributed by atoms with E-state index in [-0.39, 0.29) is 24.4 Å². The minimum atomic E-state index is -0.468. The van der Waals surface area contributed by atoms with Gasteiger partial charge in [-0.2, -0.15) is 0 Å². The third-order valence-electron chi connectivity index (χ3n) is 5.90. The van der Waals surface area contributed by atoms with Gasteiger partial charge in [0.25, 0.3) is 5.91 Å². The van der Waals surface area contributed by atoms with Crippen LogP contribution in [0.15, 0.2) is 77.7 Å². The smallest absolute Gasteiger partial charge is 0.348 e. The number of pyridine rings is 1. The summed E-state index contributed by atoms with van der Waals surface area (Å²) in [7, 11) is 0. The number of nitrogens with zero attached hydrogens (tertiary/aromatic N) is 3. The second kappa shape index (κ2) is 8.74. The fraction of sp³-hybridized carbons (Fsp3) is 0.200. The first kappa shape index (κ1) is 20.7. The molecule has 1 aliphatic carbocycles. The SMILES string of the molecule is O=C(Cn1nc2ccc(C(=O)NCc3ccccc3)cn2c1=O)NC1CCc2ccccc21. The van der Waals surface area contributed by atoms with Gasteiger partial charge >= 0.3 is 5.69 Å². The van der Waals surface area contributed by atoms with Crippen LogP contribution in [0.2, 0.25) is 0 Å². The molecular formula is C25H23N5O3. The quantitative estimate of drug-likeness (QED) is 0.480. The maximum Gasteiger partial charge on any atom is 0.350 e. The molecule has 1 unspecified atom stereocenters. The summed E-state index contributed by atoms with van der Waals surface area (Å²) >= 11 is 0. The molecule has 2 N–H and O–H groups in total. The minimum Gasteiger partial charge on any atom is -0.348 e. The van der Waals surface area contributed by atoms with Crippen LogP contribution < -0.4 is 16.3 Å². The van der Waals surface area contributed by atoms with Gasteiger partial charge in [-0.1, -0.05) is 54.6 Å². The van der Waals surface area contributed by atoms with Crippen LogP contribution in [0, 0.1) is 0 Å². The predicted molar refractivity (Wildman–Crippen MR) is 123 cm³/mol. The lowest BCUT2D eigenvalue weighted by Gasteiger charge is -2.13. The van der Waals surface area contributed by atoms with Gasteiger partial charge in [-0.25, -0.2) is 13.9 Å². The van der Waals surface area contributed by atoms with E-state index in [2.05, 4.69) is 21.8 Å². The molecule has 8 heteroatoms. The third-order valence-corrected chi connectivity index (χ3v) is 5.90. The molecule has 0 aliphatic heterocycles. The average Bonchev–Trinajstić information content (AvgIpc) is 3.38. The molecule has 2 aromatic carbocycles. The minimum absolute atomic E-state index is 0.0543. The van der Waals surface area contributed by atoms with Crippen molar-refractivity contribution in [3.8, 4) is 0 Å². The van der Waals surface area contributed by atoms with Crippen LogP contribution in [-0.2, 0) is 24.3 Å². The number of carbonyl (C=O) groups excluding carboxylic acids is 2. The summed E-state index contributed by atoms with van der Waals surface area (Å²) in [5, 5.41) is 10.1. The van der Waals surface area contributed by atoms with Crippen molar-refractivity contribution in [3.63, 3.8) is 0 Å². The fourth-order valence-corrected chi connectivity index (χ4v) is 4.22. The van der Waals surface area contributed by atoms with Crippen LogP contribution in [0.5, 0.6) is 0 Å². The molecule has 2 heterocycles. The maximum absolute atomic E-state index is 12.8. The molecule has 0 fully saturated rings. The van der Waals surface area contributed by atoms with Gasteiger partial charge in [-0.05, 0) is 41.7 Å². The number of nitrogens with one attached hydrogen (secondary N) is 2. The van der Waals surface area contributed by atoms with Crippen molar-refractivity contribution < 1.29 is 9.59 Å². The number of hydrogen-bond donors (Lipinski definition) is 2. The Morgan fingerprint density at radius 2 is 1.79 bits per heavy atom. The van der Waals surface area contributed by atoms with Crippen LogP contribution in [0.4, 0.5) is 0 Å². The maximum atomic E-state index is 12.8. The molecule has 4 aromatic rings. The zero-order valence-corrected chi connectivity index (χ0v) is 17.9. The summed E-state index contributed by atoms with van der Waals surface area (Å²) in [5.41, 5.74) is 3.59. The largest absolute Gasteiger partial charge is 0.350 e. The number of carbonyl (C=O) groups is 2. The summed E-state index contributed by atoms with van der Waals surface area (Å²) in [6.45, 7) is 0.199. The molecule has 0 radical (unpaired) electrons. The molecule has 0 bridgehead atoms. The highest BCUT2D eigenvalue weighted by atomic mass is 16.2. The van der Waals surface area contributed by atoms with Crippen molar-refractivity contribution >= 4 is 17.5 Å². The molecule has 0 saturated carbocycles. The molecular weight excluding hydrogens is 418 g/mol. The summed E-state index contributed by atoms with van der Waals surface area (Å²) in [6.07, 6.45) is 3.21. The lowest BCUT2D eigenvalue weighted by Crippen LogP contribution is -2.34. The molecule has 2 amide bonds. The number of aromatic nitrogens is 3. The van der Waals surface area contributed by atoms with Crippen molar-refractivity contribution in [1.82, 2.24) is 24.8 Å². The van der Waals surface area contributed by atoms with Crippen molar-refractivity contribution in [3.05, 3.63) is 106 Å². The van der Waals surface area contributed by atoms with Gasteiger partial charge in [0.05, 0.1) is 11.6 Å². The fourth-order valence-electron chi connectivity index (χ4n) is 4.22. The molecule has 1 aliphatic rings. The number of benzene rings is 2. The zero-order valence-electron chi connectivity index (χ0n) is 17.9. The zero-order chi connectivity index (χ0) is 22.8. The van der Waals surface area contributed by atoms with Crippen LogP contribution in [-0.4, -0.2) is 26.0 Å². The first-order valence-corrected chi connectivity index (χ1v) is 10.9. The van der Waals surface area contributed by atoms with Crippen molar-refractivity contribution in [2.45, 2.75) is 32.0 Å². The Hall–Kier alpha value is -4.20. The molecule has 1 atom stereocenters. The molecule has 2 aromatic heterocycles. The summed E-state index contributed by atoms with van der Waals surface area (Å²) in [6, 6.07) is 20.8. The average molecular weight is 441 g/mol. The van der Waals surface area contributed by atoms with E-state index in [9.17, 15) is 14.4 Å². The Morgan fingerprint density at radius 3 is 2.64 bits per heavy atom. The van der Waals surface area contributed by atoms with Crippen molar-refractivity contribution in [2.75, 3.05) is 0 Å². The van der Waals surface area contributed by atoms with E-state index in [1.807, 2.05) is 48.5 Å². The highest BCUT2D eigenvalue weighted by molar-refractivity contribution is 5.94. The Morgan fingerprint density at radius 1 is 1.00 bits per heavy atom. The molecule has 0 saturated heterocycles. The predicted octanol–water partition coefficient (Wildman–Crippen LogP) is 2.23.